The van der Waals surface area contributed by atoms with Gasteiger partial charge in [0, 0.05) is 24.0 Å². The molecule has 1 fully saturated rings. The molecule has 1 saturated heterocycles. The van der Waals surface area contributed by atoms with Crippen LogP contribution in [0, 0.1) is 6.92 Å². The fraction of sp³-hybridized carbons (Fsp3) is 0.462. The number of anilines is 1. The number of H-pyrrole nitrogens is 1. The van der Waals surface area contributed by atoms with Crippen LogP contribution in [0.2, 0.25) is 0 Å². The minimum Gasteiger partial charge on any atom is -0.390 e. The lowest BCUT2D eigenvalue weighted by molar-refractivity contribution is -0.0210. The van der Waals surface area contributed by atoms with Crippen molar-refractivity contribution in [3.63, 3.8) is 0 Å². The molecule has 2 aromatic heterocycles. The molecule has 0 amide bonds. The molecule has 0 bridgehead atoms. The number of aromatic amines is 1. The Morgan fingerprint density at radius 1 is 1.50 bits per heavy atom. The first-order valence-corrected chi connectivity index (χ1v) is 6.49. The lowest BCUT2D eigenvalue weighted by Gasteiger charge is -2.28. The molecule has 2 atom stereocenters. The van der Waals surface area contributed by atoms with Gasteiger partial charge in [0.15, 0.2) is 0 Å². The summed E-state index contributed by atoms with van der Waals surface area (Å²) in [6.45, 7) is 2.67. The van der Waals surface area contributed by atoms with Gasteiger partial charge in [0.1, 0.15) is 5.65 Å². The SMILES string of the molecule is Cc1cc(=O)[nH]c2nc(N)nc(C3CCOCC3O)c12. The largest absolute Gasteiger partial charge is 0.390 e. The number of aliphatic hydroxyl groups is 1. The van der Waals surface area contributed by atoms with E-state index in [2.05, 4.69) is 15.0 Å². The summed E-state index contributed by atoms with van der Waals surface area (Å²) in [7, 11) is 0. The molecule has 4 N–H and O–H groups in total. The first-order valence-electron chi connectivity index (χ1n) is 6.49. The van der Waals surface area contributed by atoms with Crippen molar-refractivity contribution in [1.29, 1.82) is 0 Å². The van der Waals surface area contributed by atoms with Gasteiger partial charge in [0.25, 0.3) is 0 Å². The van der Waals surface area contributed by atoms with Crippen molar-refractivity contribution in [3.8, 4) is 0 Å². The van der Waals surface area contributed by atoms with Crippen LogP contribution in [-0.2, 0) is 4.74 Å². The maximum atomic E-state index is 11.5. The summed E-state index contributed by atoms with van der Waals surface area (Å²) in [5, 5.41) is 10.9. The van der Waals surface area contributed by atoms with Gasteiger partial charge in [-0.2, -0.15) is 4.98 Å². The maximum Gasteiger partial charge on any atom is 0.249 e. The highest BCUT2D eigenvalue weighted by molar-refractivity contribution is 5.82. The third-order valence-electron chi connectivity index (χ3n) is 3.62. The van der Waals surface area contributed by atoms with Crippen LogP contribution in [0.15, 0.2) is 10.9 Å². The highest BCUT2D eigenvalue weighted by Crippen LogP contribution is 2.31. The second-order valence-electron chi connectivity index (χ2n) is 5.04. The van der Waals surface area contributed by atoms with E-state index in [1.54, 1.807) is 0 Å². The zero-order valence-corrected chi connectivity index (χ0v) is 11.1. The molecule has 0 radical (unpaired) electrons. The molecule has 1 aliphatic rings. The van der Waals surface area contributed by atoms with Crippen LogP contribution in [0.3, 0.4) is 0 Å². The van der Waals surface area contributed by atoms with Gasteiger partial charge < -0.3 is 20.6 Å². The average Bonchev–Trinajstić information content (AvgIpc) is 2.37. The van der Waals surface area contributed by atoms with Crippen molar-refractivity contribution in [3.05, 3.63) is 27.7 Å². The second-order valence-corrected chi connectivity index (χ2v) is 5.04. The molecule has 0 saturated carbocycles. The van der Waals surface area contributed by atoms with Gasteiger partial charge in [-0.15, -0.1) is 0 Å². The fourth-order valence-electron chi connectivity index (χ4n) is 2.71. The third-order valence-corrected chi connectivity index (χ3v) is 3.62. The Morgan fingerprint density at radius 3 is 3.05 bits per heavy atom. The number of aliphatic hydroxyl groups excluding tert-OH is 1. The average molecular weight is 276 g/mol. The molecular formula is C13H16N4O3. The number of rotatable bonds is 1. The molecule has 2 aromatic rings. The van der Waals surface area contributed by atoms with Crippen LogP contribution >= 0.6 is 0 Å². The molecule has 1 aliphatic heterocycles. The number of nitrogens with two attached hydrogens (primary N) is 1. The van der Waals surface area contributed by atoms with Crippen molar-refractivity contribution in [1.82, 2.24) is 15.0 Å². The lowest BCUT2D eigenvalue weighted by Crippen LogP contribution is -2.31. The molecule has 3 rings (SSSR count). The van der Waals surface area contributed by atoms with Gasteiger partial charge in [-0.05, 0) is 18.9 Å². The first-order chi connectivity index (χ1) is 9.56. The molecular weight excluding hydrogens is 260 g/mol. The van der Waals surface area contributed by atoms with Crippen molar-refractivity contribution in [2.24, 2.45) is 0 Å². The van der Waals surface area contributed by atoms with Gasteiger partial charge in [0.05, 0.1) is 18.4 Å². The highest BCUT2D eigenvalue weighted by atomic mass is 16.5. The van der Waals surface area contributed by atoms with Crippen LogP contribution in [0.25, 0.3) is 11.0 Å². The summed E-state index contributed by atoms with van der Waals surface area (Å²) in [6.07, 6.45) is 0.0262. The number of ether oxygens (including phenoxy) is 1. The lowest BCUT2D eigenvalue weighted by atomic mass is 9.90. The molecule has 2 unspecified atom stereocenters. The Hall–Kier alpha value is -1.99. The van der Waals surface area contributed by atoms with Crippen molar-refractivity contribution < 1.29 is 9.84 Å². The zero-order chi connectivity index (χ0) is 14.3. The van der Waals surface area contributed by atoms with E-state index in [-0.39, 0.29) is 24.0 Å². The number of nitrogens with zero attached hydrogens (tertiary/aromatic N) is 2. The van der Waals surface area contributed by atoms with Crippen LogP contribution in [0.4, 0.5) is 5.95 Å². The summed E-state index contributed by atoms with van der Waals surface area (Å²) in [6, 6.07) is 1.50. The Balaban J connectivity index is 2.26. The predicted molar refractivity (Wildman–Crippen MR) is 73.5 cm³/mol. The van der Waals surface area contributed by atoms with Crippen molar-refractivity contribution in [2.45, 2.75) is 25.4 Å². The quantitative estimate of drug-likeness (QED) is 0.679. The van der Waals surface area contributed by atoms with Crippen molar-refractivity contribution in [2.75, 3.05) is 18.9 Å². The number of pyridine rings is 1. The van der Waals surface area contributed by atoms with E-state index in [4.69, 9.17) is 10.5 Å². The summed E-state index contributed by atoms with van der Waals surface area (Å²) in [5.74, 6) is -0.0754. The number of aromatic nitrogens is 3. The van der Waals surface area contributed by atoms with Gasteiger partial charge in [-0.3, -0.25) is 4.79 Å². The van der Waals surface area contributed by atoms with Crippen LogP contribution < -0.4 is 11.3 Å². The zero-order valence-electron chi connectivity index (χ0n) is 11.1. The molecule has 106 valence electrons. The first kappa shape index (κ1) is 13.0. The van der Waals surface area contributed by atoms with Crippen LogP contribution in [0.1, 0.15) is 23.6 Å². The van der Waals surface area contributed by atoms with Gasteiger partial charge in [-0.1, -0.05) is 0 Å². The number of nitrogens with one attached hydrogen (secondary N) is 1. The van der Waals surface area contributed by atoms with E-state index in [9.17, 15) is 9.90 Å². The van der Waals surface area contributed by atoms with E-state index in [0.717, 1.165) is 10.9 Å². The standard InChI is InChI=1S/C13H16N4O3/c1-6-4-9(19)15-12-10(6)11(16-13(14)17-12)7-2-3-20-5-8(7)18/h4,7-8,18H,2-3,5H2,1H3,(H3,14,15,16,17,19). The summed E-state index contributed by atoms with van der Waals surface area (Å²) in [5.41, 5.74) is 7.36. The molecule has 20 heavy (non-hydrogen) atoms. The predicted octanol–water partition coefficient (Wildman–Crippen LogP) is 0.0735. The van der Waals surface area contributed by atoms with E-state index in [0.29, 0.717) is 24.4 Å². The van der Waals surface area contributed by atoms with Crippen molar-refractivity contribution >= 4 is 17.0 Å². The minimum atomic E-state index is -0.632. The van der Waals surface area contributed by atoms with Gasteiger partial charge >= 0.3 is 0 Å². The molecule has 7 heteroatoms. The Labute approximate surface area is 114 Å². The topological polar surface area (TPSA) is 114 Å². The maximum absolute atomic E-state index is 11.5. The Morgan fingerprint density at radius 2 is 2.30 bits per heavy atom. The number of fused-ring (bicyclic) bond motifs is 1. The van der Waals surface area contributed by atoms with E-state index in [1.165, 1.54) is 6.07 Å². The summed E-state index contributed by atoms with van der Waals surface area (Å²) >= 11 is 0. The number of hydrogen-bond donors (Lipinski definition) is 3. The van der Waals surface area contributed by atoms with Crippen LogP contribution in [0.5, 0.6) is 0 Å². The van der Waals surface area contributed by atoms with E-state index >= 15 is 0 Å². The Kier molecular flexibility index (Phi) is 3.15. The smallest absolute Gasteiger partial charge is 0.249 e. The normalized spacial score (nSPS) is 23.1. The Bertz CT molecular complexity index is 713. The van der Waals surface area contributed by atoms with Gasteiger partial charge in [0.2, 0.25) is 11.5 Å². The fourth-order valence-corrected chi connectivity index (χ4v) is 2.71. The van der Waals surface area contributed by atoms with Crippen LogP contribution in [-0.4, -0.2) is 39.4 Å². The summed E-state index contributed by atoms with van der Waals surface area (Å²) in [4.78, 5) is 22.6. The van der Waals surface area contributed by atoms with E-state index < -0.39 is 6.10 Å². The molecule has 3 heterocycles. The monoisotopic (exact) mass is 276 g/mol. The number of aryl methyl sites for hydroxylation is 1. The molecule has 7 nitrogen and oxygen atoms in total. The molecule has 0 spiro atoms. The summed E-state index contributed by atoms with van der Waals surface area (Å²) < 4.78 is 5.24. The minimum absolute atomic E-state index is 0.0902. The van der Waals surface area contributed by atoms with Gasteiger partial charge in [-0.25, -0.2) is 4.98 Å². The van der Waals surface area contributed by atoms with E-state index in [1.807, 2.05) is 6.92 Å². The number of hydrogen-bond acceptors (Lipinski definition) is 6. The number of nitrogen functional groups attached to an aromatic ring is 1. The highest BCUT2D eigenvalue weighted by Gasteiger charge is 2.29. The molecule has 0 aromatic carbocycles. The second kappa shape index (κ2) is 4.84. The molecule has 0 aliphatic carbocycles. The third kappa shape index (κ3) is 2.14.